The molecular formula is C10H17N3. The highest BCUT2D eigenvalue weighted by Crippen LogP contribution is 2.16. The number of likely N-dealkylation sites (tertiary alicyclic amines) is 1. The van der Waals surface area contributed by atoms with E-state index in [1.807, 2.05) is 13.3 Å². The van der Waals surface area contributed by atoms with Gasteiger partial charge < -0.3 is 9.47 Å². The number of rotatable bonds is 2. The van der Waals surface area contributed by atoms with Gasteiger partial charge in [-0.15, -0.1) is 0 Å². The van der Waals surface area contributed by atoms with Crippen molar-refractivity contribution < 1.29 is 0 Å². The lowest BCUT2D eigenvalue weighted by molar-refractivity contribution is 0.378. The Morgan fingerprint density at radius 1 is 1.62 bits per heavy atom. The smallest absolute Gasteiger partial charge is 0.0949 e. The van der Waals surface area contributed by atoms with E-state index in [9.17, 15) is 0 Å². The summed E-state index contributed by atoms with van der Waals surface area (Å²) in [6.45, 7) is 5.65. The molecule has 0 aliphatic carbocycles. The zero-order valence-electron chi connectivity index (χ0n) is 8.40. The Balaban J connectivity index is 1.91. The molecule has 0 bridgehead atoms. The van der Waals surface area contributed by atoms with Gasteiger partial charge in [0.2, 0.25) is 0 Å². The lowest BCUT2D eigenvalue weighted by atomic mass is 10.1. The molecular weight excluding hydrogens is 162 g/mol. The third-order valence-electron chi connectivity index (χ3n) is 2.72. The van der Waals surface area contributed by atoms with E-state index in [-0.39, 0.29) is 0 Å². The Hall–Kier alpha value is -0.830. The first kappa shape index (κ1) is 8.75. The van der Waals surface area contributed by atoms with Crippen molar-refractivity contribution in [2.75, 3.05) is 20.1 Å². The van der Waals surface area contributed by atoms with Crippen LogP contribution in [0.4, 0.5) is 0 Å². The molecule has 72 valence electrons. The molecule has 1 aromatic heterocycles. The van der Waals surface area contributed by atoms with E-state index in [0.29, 0.717) is 0 Å². The van der Waals surface area contributed by atoms with E-state index >= 15 is 0 Å². The van der Waals surface area contributed by atoms with E-state index in [0.717, 1.165) is 18.2 Å². The monoisotopic (exact) mass is 179 g/mol. The third kappa shape index (κ3) is 2.10. The van der Waals surface area contributed by atoms with Crippen LogP contribution >= 0.6 is 0 Å². The molecule has 0 saturated carbocycles. The number of hydrogen-bond donors (Lipinski definition) is 0. The number of imidazole rings is 1. The molecule has 0 radical (unpaired) electrons. The highest BCUT2D eigenvalue weighted by Gasteiger charge is 2.19. The maximum atomic E-state index is 4.23. The van der Waals surface area contributed by atoms with E-state index in [1.165, 1.54) is 19.5 Å². The fourth-order valence-electron chi connectivity index (χ4n) is 2.05. The Morgan fingerprint density at radius 2 is 2.46 bits per heavy atom. The molecule has 0 N–H and O–H groups in total. The van der Waals surface area contributed by atoms with Crippen LogP contribution in [-0.4, -0.2) is 34.6 Å². The van der Waals surface area contributed by atoms with Crippen molar-refractivity contribution in [1.82, 2.24) is 14.5 Å². The predicted octanol–water partition coefficient (Wildman–Crippen LogP) is 1.14. The Morgan fingerprint density at radius 3 is 3.00 bits per heavy atom. The first-order valence-corrected chi connectivity index (χ1v) is 4.91. The van der Waals surface area contributed by atoms with Crippen molar-refractivity contribution in [1.29, 1.82) is 0 Å². The molecule has 1 fully saturated rings. The normalized spacial score (nSPS) is 24.0. The minimum absolute atomic E-state index is 0.818. The van der Waals surface area contributed by atoms with Gasteiger partial charge in [0.25, 0.3) is 0 Å². The van der Waals surface area contributed by atoms with Crippen molar-refractivity contribution in [3.8, 4) is 0 Å². The van der Waals surface area contributed by atoms with E-state index in [2.05, 4.69) is 27.7 Å². The molecule has 2 rings (SSSR count). The molecule has 3 heteroatoms. The van der Waals surface area contributed by atoms with Gasteiger partial charge in [-0.05, 0) is 32.9 Å². The molecule has 1 atom stereocenters. The first-order valence-electron chi connectivity index (χ1n) is 4.91. The summed E-state index contributed by atoms with van der Waals surface area (Å²) < 4.78 is 2.21. The first-order chi connectivity index (χ1) is 6.24. The molecule has 13 heavy (non-hydrogen) atoms. The van der Waals surface area contributed by atoms with Crippen LogP contribution in [0.15, 0.2) is 12.5 Å². The van der Waals surface area contributed by atoms with Gasteiger partial charge in [0, 0.05) is 19.3 Å². The number of nitrogens with zero attached hydrogens (tertiary/aromatic N) is 3. The largest absolute Gasteiger partial charge is 0.337 e. The maximum Gasteiger partial charge on any atom is 0.0949 e. The fraction of sp³-hybridized carbons (Fsp3) is 0.700. The van der Waals surface area contributed by atoms with Crippen LogP contribution in [0, 0.1) is 12.8 Å². The van der Waals surface area contributed by atoms with Gasteiger partial charge in [-0.1, -0.05) is 0 Å². The fourth-order valence-corrected chi connectivity index (χ4v) is 2.05. The summed E-state index contributed by atoms with van der Waals surface area (Å²) >= 11 is 0. The third-order valence-corrected chi connectivity index (χ3v) is 2.72. The van der Waals surface area contributed by atoms with Crippen molar-refractivity contribution in [3.05, 3.63) is 18.2 Å². The zero-order chi connectivity index (χ0) is 9.26. The standard InChI is InChI=1S/C10H17N3/c1-9-5-13(8-11-9)7-10-3-4-12(2)6-10/h5,8,10H,3-4,6-7H2,1-2H3/t10-/m1/s1. The Bertz CT molecular complexity index is 279. The van der Waals surface area contributed by atoms with E-state index in [1.54, 1.807) is 0 Å². The van der Waals surface area contributed by atoms with E-state index in [4.69, 9.17) is 0 Å². The van der Waals surface area contributed by atoms with Gasteiger partial charge in [0.15, 0.2) is 0 Å². The van der Waals surface area contributed by atoms with Crippen LogP contribution in [0.1, 0.15) is 12.1 Å². The summed E-state index contributed by atoms with van der Waals surface area (Å²) in [6.07, 6.45) is 5.39. The van der Waals surface area contributed by atoms with Crippen LogP contribution in [-0.2, 0) is 6.54 Å². The van der Waals surface area contributed by atoms with Gasteiger partial charge in [-0.3, -0.25) is 0 Å². The molecule has 0 unspecified atom stereocenters. The average molecular weight is 179 g/mol. The average Bonchev–Trinajstić information content (AvgIpc) is 2.62. The summed E-state index contributed by atoms with van der Waals surface area (Å²) in [7, 11) is 2.19. The van der Waals surface area contributed by atoms with Crippen molar-refractivity contribution in [2.45, 2.75) is 19.9 Å². The quantitative estimate of drug-likeness (QED) is 0.679. The van der Waals surface area contributed by atoms with Crippen molar-refractivity contribution in [2.24, 2.45) is 5.92 Å². The molecule has 3 nitrogen and oxygen atoms in total. The second-order valence-corrected chi connectivity index (χ2v) is 4.13. The van der Waals surface area contributed by atoms with Crippen LogP contribution in [0.25, 0.3) is 0 Å². The molecule has 2 heterocycles. The van der Waals surface area contributed by atoms with Gasteiger partial charge in [-0.25, -0.2) is 4.98 Å². The Labute approximate surface area is 79.4 Å². The summed E-state index contributed by atoms with van der Waals surface area (Å²) in [5.41, 5.74) is 1.12. The van der Waals surface area contributed by atoms with Crippen molar-refractivity contribution in [3.63, 3.8) is 0 Å². The lowest BCUT2D eigenvalue weighted by Crippen LogP contribution is -2.16. The molecule has 0 amide bonds. The summed E-state index contributed by atoms with van der Waals surface area (Å²) in [4.78, 5) is 6.62. The molecule has 1 aliphatic heterocycles. The number of aryl methyl sites for hydroxylation is 1. The van der Waals surface area contributed by atoms with Gasteiger partial charge in [-0.2, -0.15) is 0 Å². The second-order valence-electron chi connectivity index (χ2n) is 4.13. The SMILES string of the molecule is Cc1cn(C[C@@H]2CCN(C)C2)cn1. The Kier molecular flexibility index (Phi) is 2.36. The maximum absolute atomic E-state index is 4.23. The van der Waals surface area contributed by atoms with Gasteiger partial charge in [0.05, 0.1) is 12.0 Å². The van der Waals surface area contributed by atoms with Crippen LogP contribution in [0.3, 0.4) is 0 Å². The highest BCUT2D eigenvalue weighted by atomic mass is 15.1. The number of aromatic nitrogens is 2. The molecule has 1 saturated heterocycles. The molecule has 0 spiro atoms. The summed E-state index contributed by atoms with van der Waals surface area (Å²) in [5.74, 6) is 0.818. The van der Waals surface area contributed by atoms with Crippen LogP contribution < -0.4 is 0 Å². The molecule has 0 aromatic carbocycles. The zero-order valence-corrected chi connectivity index (χ0v) is 8.40. The highest BCUT2D eigenvalue weighted by molar-refractivity contribution is 4.92. The molecule has 1 aliphatic rings. The predicted molar refractivity (Wildman–Crippen MR) is 52.6 cm³/mol. The van der Waals surface area contributed by atoms with Gasteiger partial charge >= 0.3 is 0 Å². The minimum atomic E-state index is 0.818. The summed E-state index contributed by atoms with van der Waals surface area (Å²) in [5, 5.41) is 0. The van der Waals surface area contributed by atoms with Crippen LogP contribution in [0.2, 0.25) is 0 Å². The molecule has 1 aromatic rings. The van der Waals surface area contributed by atoms with Crippen molar-refractivity contribution >= 4 is 0 Å². The van der Waals surface area contributed by atoms with E-state index < -0.39 is 0 Å². The lowest BCUT2D eigenvalue weighted by Gasteiger charge is -2.10. The topological polar surface area (TPSA) is 21.1 Å². The van der Waals surface area contributed by atoms with Gasteiger partial charge in [0.1, 0.15) is 0 Å². The number of hydrogen-bond acceptors (Lipinski definition) is 2. The van der Waals surface area contributed by atoms with Crippen LogP contribution in [0.5, 0.6) is 0 Å². The summed E-state index contributed by atoms with van der Waals surface area (Å²) in [6, 6.07) is 0. The minimum Gasteiger partial charge on any atom is -0.337 e. The second kappa shape index (κ2) is 3.50.